The van der Waals surface area contributed by atoms with Gasteiger partial charge in [-0.15, -0.1) is 0 Å². The summed E-state index contributed by atoms with van der Waals surface area (Å²) in [6.07, 6.45) is 0. The topological polar surface area (TPSA) is 57.0 Å². The molecule has 2 N–H and O–H groups in total. The summed E-state index contributed by atoms with van der Waals surface area (Å²) in [5.74, 6) is 1.53. The van der Waals surface area contributed by atoms with Gasteiger partial charge < -0.3 is 19.9 Å². The van der Waals surface area contributed by atoms with Crippen LogP contribution in [-0.4, -0.2) is 45.0 Å². The van der Waals surface area contributed by atoms with Gasteiger partial charge in [0.2, 0.25) is 6.79 Å². The Hall–Kier alpha value is -0.820. The zero-order valence-electron chi connectivity index (χ0n) is 11.9. The first-order chi connectivity index (χ1) is 9.67. The molecule has 0 radical (unpaired) electrons. The normalized spacial score (nSPS) is 14.8. The fraction of sp³-hybridized carbons (Fsp3) is 0.571. The highest BCUT2D eigenvalue weighted by Gasteiger charge is 2.22. The lowest BCUT2D eigenvalue weighted by atomic mass is 10.0. The molecule has 2 rings (SSSR count). The van der Waals surface area contributed by atoms with E-state index < -0.39 is 0 Å². The molecule has 1 aliphatic heterocycles. The molecule has 1 aromatic carbocycles. The third-order valence-electron chi connectivity index (χ3n) is 3.38. The molecule has 1 aromatic rings. The van der Waals surface area contributed by atoms with Crippen LogP contribution in [0.3, 0.4) is 0 Å². The second-order valence-corrected chi connectivity index (χ2v) is 5.52. The Morgan fingerprint density at radius 3 is 2.95 bits per heavy atom. The van der Waals surface area contributed by atoms with Crippen LogP contribution in [0.5, 0.6) is 11.5 Å². The Morgan fingerprint density at radius 1 is 1.45 bits per heavy atom. The van der Waals surface area contributed by atoms with E-state index in [2.05, 4.69) is 27.9 Å². The molecule has 112 valence electrons. The number of likely N-dealkylation sites (N-methyl/N-ethyl adjacent to an activating group) is 1. The monoisotopic (exact) mass is 344 g/mol. The lowest BCUT2D eigenvalue weighted by molar-refractivity contribution is 0.108. The number of hydrogen-bond donors (Lipinski definition) is 1. The third kappa shape index (κ3) is 3.44. The largest absolute Gasteiger partial charge is 0.454 e. The summed E-state index contributed by atoms with van der Waals surface area (Å²) in [4.78, 5) is 2.19. The number of halogens is 1. The molecular formula is C14H21BrN2O3. The zero-order chi connectivity index (χ0) is 14.5. The van der Waals surface area contributed by atoms with Crippen molar-refractivity contribution in [2.75, 3.05) is 40.1 Å². The Labute approximate surface area is 128 Å². The van der Waals surface area contributed by atoms with Crippen LogP contribution < -0.4 is 15.2 Å². The Bertz CT molecular complexity index is 456. The zero-order valence-corrected chi connectivity index (χ0v) is 13.5. The highest BCUT2D eigenvalue weighted by Crippen LogP contribution is 2.41. The van der Waals surface area contributed by atoms with Crippen molar-refractivity contribution in [3.63, 3.8) is 0 Å². The maximum absolute atomic E-state index is 5.94. The van der Waals surface area contributed by atoms with Gasteiger partial charge in [-0.05, 0) is 47.6 Å². The van der Waals surface area contributed by atoms with Crippen molar-refractivity contribution in [3.8, 4) is 11.5 Å². The summed E-state index contributed by atoms with van der Waals surface area (Å²) in [5.41, 5.74) is 7.05. The molecule has 0 fully saturated rings. The quantitative estimate of drug-likeness (QED) is 0.768. The smallest absolute Gasteiger partial charge is 0.231 e. The average molecular weight is 345 g/mol. The van der Waals surface area contributed by atoms with Crippen LogP contribution in [0.2, 0.25) is 0 Å². The van der Waals surface area contributed by atoms with Crippen LogP contribution >= 0.6 is 15.9 Å². The van der Waals surface area contributed by atoms with Gasteiger partial charge in [0.05, 0.1) is 11.1 Å². The second kappa shape index (κ2) is 7.26. The lowest BCUT2D eigenvalue weighted by Crippen LogP contribution is -2.33. The first-order valence-corrected chi connectivity index (χ1v) is 7.53. The van der Waals surface area contributed by atoms with Crippen molar-refractivity contribution < 1.29 is 14.2 Å². The van der Waals surface area contributed by atoms with Gasteiger partial charge in [-0.3, -0.25) is 4.90 Å². The summed E-state index contributed by atoms with van der Waals surface area (Å²) in [5, 5.41) is 0. The fourth-order valence-corrected chi connectivity index (χ4v) is 2.83. The molecule has 0 aliphatic carbocycles. The minimum Gasteiger partial charge on any atom is -0.454 e. The van der Waals surface area contributed by atoms with Gasteiger partial charge in [-0.2, -0.15) is 0 Å². The number of nitrogens with two attached hydrogens (primary N) is 1. The number of rotatable bonds is 7. The molecule has 1 heterocycles. The highest BCUT2D eigenvalue weighted by molar-refractivity contribution is 9.10. The van der Waals surface area contributed by atoms with Gasteiger partial charge >= 0.3 is 0 Å². The van der Waals surface area contributed by atoms with Gasteiger partial charge in [0.1, 0.15) is 0 Å². The van der Waals surface area contributed by atoms with Gasteiger partial charge in [0.25, 0.3) is 0 Å². The fourth-order valence-electron chi connectivity index (χ4n) is 2.26. The Balaban J connectivity index is 2.13. The summed E-state index contributed by atoms with van der Waals surface area (Å²) < 4.78 is 17.2. The van der Waals surface area contributed by atoms with E-state index in [1.165, 1.54) is 0 Å². The standard InChI is InChI=1S/C14H21BrN2O3/c1-3-18-5-4-17(2)12(8-16)10-6-11(15)14-13(7-10)19-9-20-14/h6-7,12H,3-5,8-9,16H2,1-2H3. The first-order valence-electron chi connectivity index (χ1n) is 6.74. The van der Waals surface area contributed by atoms with Crippen molar-refractivity contribution in [3.05, 3.63) is 22.2 Å². The third-order valence-corrected chi connectivity index (χ3v) is 3.97. The van der Waals surface area contributed by atoms with Crippen molar-refractivity contribution in [1.82, 2.24) is 4.90 Å². The average Bonchev–Trinajstić information content (AvgIpc) is 2.89. The molecule has 0 spiro atoms. The summed E-state index contributed by atoms with van der Waals surface area (Å²) in [7, 11) is 2.05. The van der Waals surface area contributed by atoms with Crippen LogP contribution in [0, 0.1) is 0 Å². The van der Waals surface area contributed by atoms with E-state index in [9.17, 15) is 0 Å². The molecule has 0 amide bonds. The Kier molecular flexibility index (Phi) is 5.65. The maximum atomic E-state index is 5.94. The van der Waals surface area contributed by atoms with Gasteiger partial charge in [0.15, 0.2) is 11.5 Å². The van der Waals surface area contributed by atoms with Gasteiger partial charge in [-0.25, -0.2) is 0 Å². The summed E-state index contributed by atoms with van der Waals surface area (Å²) in [6, 6.07) is 4.17. The molecule has 0 bridgehead atoms. The highest BCUT2D eigenvalue weighted by atomic mass is 79.9. The van der Waals surface area contributed by atoms with E-state index in [4.69, 9.17) is 19.9 Å². The minimum atomic E-state index is 0.126. The van der Waals surface area contributed by atoms with Crippen molar-refractivity contribution in [1.29, 1.82) is 0 Å². The molecule has 1 atom stereocenters. The van der Waals surface area contributed by atoms with E-state index in [1.807, 2.05) is 19.1 Å². The van der Waals surface area contributed by atoms with E-state index in [0.717, 1.165) is 34.7 Å². The molecule has 0 saturated heterocycles. The predicted octanol–water partition coefficient (Wildman–Crippen LogP) is 2.15. The molecule has 6 heteroatoms. The van der Waals surface area contributed by atoms with Crippen molar-refractivity contribution in [2.45, 2.75) is 13.0 Å². The van der Waals surface area contributed by atoms with E-state index >= 15 is 0 Å². The van der Waals surface area contributed by atoms with Crippen molar-refractivity contribution in [2.24, 2.45) is 5.73 Å². The molecule has 20 heavy (non-hydrogen) atoms. The second-order valence-electron chi connectivity index (χ2n) is 4.67. The van der Waals surface area contributed by atoms with E-state index in [0.29, 0.717) is 13.2 Å². The molecular weight excluding hydrogens is 324 g/mol. The molecule has 1 unspecified atom stereocenters. The van der Waals surface area contributed by atoms with Crippen LogP contribution in [-0.2, 0) is 4.74 Å². The SMILES string of the molecule is CCOCCN(C)C(CN)c1cc(Br)c2c(c1)OCO2. The van der Waals surface area contributed by atoms with E-state index in [-0.39, 0.29) is 12.8 Å². The van der Waals surface area contributed by atoms with Crippen LogP contribution in [0.15, 0.2) is 16.6 Å². The molecule has 5 nitrogen and oxygen atoms in total. The number of ether oxygens (including phenoxy) is 3. The molecule has 0 saturated carbocycles. The summed E-state index contributed by atoms with van der Waals surface area (Å²) in [6.45, 7) is 5.07. The minimum absolute atomic E-state index is 0.126. The predicted molar refractivity (Wildman–Crippen MR) is 81.2 cm³/mol. The number of nitrogens with zero attached hydrogens (tertiary/aromatic N) is 1. The number of hydrogen-bond acceptors (Lipinski definition) is 5. The maximum Gasteiger partial charge on any atom is 0.231 e. The summed E-state index contributed by atoms with van der Waals surface area (Å²) >= 11 is 3.52. The molecule has 0 aromatic heterocycles. The van der Waals surface area contributed by atoms with Crippen LogP contribution in [0.1, 0.15) is 18.5 Å². The van der Waals surface area contributed by atoms with E-state index in [1.54, 1.807) is 0 Å². The lowest BCUT2D eigenvalue weighted by Gasteiger charge is -2.27. The van der Waals surface area contributed by atoms with Crippen molar-refractivity contribution >= 4 is 15.9 Å². The van der Waals surface area contributed by atoms with Crippen LogP contribution in [0.4, 0.5) is 0 Å². The van der Waals surface area contributed by atoms with Gasteiger partial charge in [0, 0.05) is 25.7 Å². The number of benzene rings is 1. The molecule has 1 aliphatic rings. The van der Waals surface area contributed by atoms with Crippen LogP contribution in [0.25, 0.3) is 0 Å². The van der Waals surface area contributed by atoms with Gasteiger partial charge in [-0.1, -0.05) is 0 Å². The first kappa shape index (κ1) is 15.6. The Morgan fingerprint density at radius 2 is 2.25 bits per heavy atom. The number of fused-ring (bicyclic) bond motifs is 1.